The van der Waals surface area contributed by atoms with Gasteiger partial charge in [0.1, 0.15) is 18.1 Å². The number of nitrogens with two attached hydrogens (primary N) is 1. The summed E-state index contributed by atoms with van der Waals surface area (Å²) >= 11 is 0. The van der Waals surface area contributed by atoms with Gasteiger partial charge in [-0.2, -0.15) is 0 Å². The average molecular weight is 596 g/mol. The van der Waals surface area contributed by atoms with Crippen molar-refractivity contribution in [1.82, 2.24) is 20.9 Å². The van der Waals surface area contributed by atoms with Gasteiger partial charge in [-0.05, 0) is 23.6 Å². The summed E-state index contributed by atoms with van der Waals surface area (Å²) in [6.45, 7) is 0. The maximum atomic E-state index is 13.7. The highest BCUT2D eigenvalue weighted by molar-refractivity contribution is 5.95. The van der Waals surface area contributed by atoms with Crippen molar-refractivity contribution in [3.8, 4) is 0 Å². The number of carbonyl (C=O) groups excluding carboxylic acids is 3. The minimum absolute atomic E-state index is 0.0581. The minimum Gasteiger partial charge on any atom is -0.481 e. The van der Waals surface area contributed by atoms with E-state index in [0.717, 1.165) is 10.9 Å². The summed E-state index contributed by atoms with van der Waals surface area (Å²) in [5.41, 5.74) is 7.76. The van der Waals surface area contributed by atoms with E-state index in [4.69, 9.17) is 15.9 Å². The van der Waals surface area contributed by atoms with Crippen LogP contribution >= 0.6 is 0 Å². The molecule has 4 unspecified atom stereocenters. The number of aliphatic carboxylic acids is 3. The van der Waals surface area contributed by atoms with Crippen molar-refractivity contribution in [2.24, 2.45) is 5.73 Å². The molecule has 3 aromatic rings. The number of carbonyl (C=O) groups is 6. The van der Waals surface area contributed by atoms with Crippen LogP contribution in [0.25, 0.3) is 10.9 Å². The fraction of sp³-hybridized carbons (Fsp3) is 0.310. The Morgan fingerprint density at radius 3 is 1.93 bits per heavy atom. The van der Waals surface area contributed by atoms with Gasteiger partial charge in [-0.1, -0.05) is 48.5 Å². The maximum Gasteiger partial charge on any atom is 0.326 e. The van der Waals surface area contributed by atoms with Gasteiger partial charge in [0.2, 0.25) is 17.7 Å². The highest BCUT2D eigenvalue weighted by atomic mass is 16.4. The zero-order chi connectivity index (χ0) is 31.5. The van der Waals surface area contributed by atoms with Gasteiger partial charge < -0.3 is 42.0 Å². The van der Waals surface area contributed by atoms with E-state index in [-0.39, 0.29) is 19.3 Å². The lowest BCUT2D eigenvalue weighted by Crippen LogP contribution is -2.58. The number of hydrogen-bond donors (Lipinski definition) is 8. The lowest BCUT2D eigenvalue weighted by atomic mass is 10.0. The molecule has 43 heavy (non-hydrogen) atoms. The number of H-pyrrole nitrogens is 1. The second-order valence-corrected chi connectivity index (χ2v) is 9.91. The molecule has 14 heteroatoms. The molecular formula is C29H33N5O9. The van der Waals surface area contributed by atoms with Gasteiger partial charge in [-0.25, -0.2) is 4.79 Å². The highest BCUT2D eigenvalue weighted by Gasteiger charge is 2.31. The monoisotopic (exact) mass is 595 g/mol. The van der Waals surface area contributed by atoms with E-state index in [0.29, 0.717) is 11.1 Å². The molecule has 0 saturated heterocycles. The molecule has 0 saturated carbocycles. The smallest absolute Gasteiger partial charge is 0.326 e. The maximum absolute atomic E-state index is 13.7. The Morgan fingerprint density at radius 2 is 1.30 bits per heavy atom. The molecule has 0 radical (unpaired) electrons. The van der Waals surface area contributed by atoms with Gasteiger partial charge in [0, 0.05) is 36.4 Å². The Labute approximate surface area is 245 Å². The molecule has 4 atom stereocenters. The molecule has 0 fully saturated rings. The Morgan fingerprint density at radius 1 is 0.721 bits per heavy atom. The van der Waals surface area contributed by atoms with Crippen molar-refractivity contribution in [2.45, 2.75) is 56.3 Å². The van der Waals surface area contributed by atoms with Crippen molar-refractivity contribution in [3.63, 3.8) is 0 Å². The molecule has 228 valence electrons. The molecule has 0 spiro atoms. The van der Waals surface area contributed by atoms with Gasteiger partial charge >= 0.3 is 17.9 Å². The van der Waals surface area contributed by atoms with Crippen LogP contribution in [-0.4, -0.2) is 80.1 Å². The first-order valence-corrected chi connectivity index (χ1v) is 13.4. The quantitative estimate of drug-likeness (QED) is 0.111. The number of benzene rings is 2. The first-order chi connectivity index (χ1) is 20.4. The number of aromatic nitrogens is 1. The lowest BCUT2D eigenvalue weighted by Gasteiger charge is -2.25. The number of para-hydroxylation sites is 1. The first-order valence-electron chi connectivity index (χ1n) is 13.4. The summed E-state index contributed by atoms with van der Waals surface area (Å²) in [6, 6.07) is 10.2. The van der Waals surface area contributed by atoms with Gasteiger partial charge in [0.15, 0.2) is 0 Å². The summed E-state index contributed by atoms with van der Waals surface area (Å²) in [5.74, 6) is -6.59. The number of carboxylic acid groups (broad SMARTS) is 3. The topological polar surface area (TPSA) is 241 Å². The van der Waals surface area contributed by atoms with Crippen LogP contribution in [0.3, 0.4) is 0 Å². The molecule has 1 heterocycles. The van der Waals surface area contributed by atoms with Crippen LogP contribution in [0.1, 0.15) is 30.4 Å². The predicted molar refractivity (Wildman–Crippen MR) is 153 cm³/mol. The van der Waals surface area contributed by atoms with Gasteiger partial charge in [0.25, 0.3) is 0 Å². The third-order valence-corrected chi connectivity index (χ3v) is 6.64. The SMILES string of the molecule is NC(CC(=O)O)C(=O)NC(Cc1c[nH]c2ccccc12)C(=O)NC(Cc1ccccc1)C(=O)NC(CCC(=O)O)C(=O)O. The van der Waals surface area contributed by atoms with Gasteiger partial charge in [-0.15, -0.1) is 0 Å². The first kappa shape index (κ1) is 32.3. The van der Waals surface area contributed by atoms with Gasteiger partial charge in [-0.3, -0.25) is 24.0 Å². The van der Waals surface area contributed by atoms with Crippen LogP contribution < -0.4 is 21.7 Å². The Hall–Kier alpha value is -5.24. The molecule has 1 aromatic heterocycles. The normalized spacial score (nSPS) is 13.7. The standard InChI is InChI=1S/C29H33N5O9/c30-19(14-25(37)38)26(39)33-23(13-17-15-31-20-9-5-4-8-18(17)20)28(41)34-22(12-16-6-2-1-3-7-16)27(40)32-21(29(42)43)10-11-24(35)36/h1-9,15,19,21-23,31H,10-14,30H2,(H,32,40)(H,33,39)(H,34,41)(H,35,36)(H,37,38)(H,42,43). The molecule has 2 aromatic carbocycles. The fourth-order valence-corrected chi connectivity index (χ4v) is 4.42. The summed E-state index contributed by atoms with van der Waals surface area (Å²) in [6.07, 6.45) is -0.0413. The van der Waals surface area contributed by atoms with E-state index in [1.807, 2.05) is 18.2 Å². The zero-order valence-corrected chi connectivity index (χ0v) is 23.0. The number of amides is 3. The van der Waals surface area contributed by atoms with E-state index in [9.17, 15) is 33.9 Å². The number of fused-ring (bicyclic) bond motifs is 1. The summed E-state index contributed by atoms with van der Waals surface area (Å²) in [4.78, 5) is 76.6. The van der Waals surface area contributed by atoms with Crippen molar-refractivity contribution in [2.75, 3.05) is 0 Å². The molecule has 9 N–H and O–H groups in total. The number of nitrogens with one attached hydrogen (secondary N) is 4. The van der Waals surface area contributed by atoms with Crippen LogP contribution in [0.15, 0.2) is 60.8 Å². The predicted octanol–water partition coefficient (Wildman–Crippen LogP) is 0.159. The van der Waals surface area contributed by atoms with Crippen LogP contribution in [-0.2, 0) is 41.6 Å². The van der Waals surface area contributed by atoms with Crippen LogP contribution in [0.5, 0.6) is 0 Å². The molecule has 14 nitrogen and oxygen atoms in total. The van der Waals surface area contributed by atoms with Crippen molar-refractivity contribution in [1.29, 1.82) is 0 Å². The van der Waals surface area contributed by atoms with E-state index in [1.165, 1.54) is 0 Å². The number of aromatic amines is 1. The van der Waals surface area contributed by atoms with Crippen LogP contribution in [0.4, 0.5) is 0 Å². The highest BCUT2D eigenvalue weighted by Crippen LogP contribution is 2.19. The Kier molecular flexibility index (Phi) is 11.3. The summed E-state index contributed by atoms with van der Waals surface area (Å²) in [7, 11) is 0. The molecular weight excluding hydrogens is 562 g/mol. The summed E-state index contributed by atoms with van der Waals surface area (Å²) < 4.78 is 0. The van der Waals surface area contributed by atoms with Crippen molar-refractivity contribution < 1.29 is 44.1 Å². The lowest BCUT2D eigenvalue weighted by molar-refractivity contribution is -0.143. The van der Waals surface area contributed by atoms with E-state index < -0.39 is 72.6 Å². The Balaban J connectivity index is 1.89. The average Bonchev–Trinajstić information content (AvgIpc) is 3.36. The molecule has 3 amide bonds. The second kappa shape index (κ2) is 15.1. The second-order valence-electron chi connectivity index (χ2n) is 9.91. The van der Waals surface area contributed by atoms with E-state index in [2.05, 4.69) is 20.9 Å². The third-order valence-electron chi connectivity index (χ3n) is 6.64. The van der Waals surface area contributed by atoms with Crippen LogP contribution in [0.2, 0.25) is 0 Å². The number of hydrogen-bond acceptors (Lipinski definition) is 7. The zero-order valence-electron chi connectivity index (χ0n) is 23.0. The number of rotatable bonds is 16. The van der Waals surface area contributed by atoms with Crippen LogP contribution in [0, 0.1) is 0 Å². The minimum atomic E-state index is -1.53. The molecule has 3 rings (SSSR count). The fourth-order valence-electron chi connectivity index (χ4n) is 4.42. The summed E-state index contributed by atoms with van der Waals surface area (Å²) in [5, 5.41) is 35.6. The molecule has 0 aliphatic carbocycles. The van der Waals surface area contributed by atoms with E-state index in [1.54, 1.807) is 42.6 Å². The molecule has 0 aliphatic rings. The van der Waals surface area contributed by atoms with E-state index >= 15 is 0 Å². The number of carboxylic acids is 3. The van der Waals surface area contributed by atoms with Crippen molar-refractivity contribution in [3.05, 3.63) is 71.9 Å². The third kappa shape index (κ3) is 9.67. The molecule has 0 bridgehead atoms. The van der Waals surface area contributed by atoms with Crippen molar-refractivity contribution >= 4 is 46.5 Å². The van der Waals surface area contributed by atoms with Gasteiger partial charge in [0.05, 0.1) is 12.5 Å². The largest absolute Gasteiger partial charge is 0.481 e. The Bertz CT molecular complexity index is 1470. The molecule has 0 aliphatic heterocycles.